The van der Waals surface area contributed by atoms with Gasteiger partial charge in [-0.2, -0.15) is 0 Å². The van der Waals surface area contributed by atoms with E-state index in [1.165, 1.54) is 23.9 Å². The molecular formula is C26H36FN3O. The van der Waals surface area contributed by atoms with E-state index in [0.29, 0.717) is 12.3 Å². The molecule has 1 aromatic carbocycles. The van der Waals surface area contributed by atoms with Crippen molar-refractivity contribution in [2.75, 3.05) is 0 Å². The molecule has 1 amide bonds. The number of carbonyl (C=O) groups excluding carboxylic acids is 1. The molecule has 1 aromatic rings. The zero-order valence-electron chi connectivity index (χ0n) is 19.1. The van der Waals surface area contributed by atoms with Gasteiger partial charge < -0.3 is 10.7 Å². The lowest BCUT2D eigenvalue weighted by molar-refractivity contribution is -0.122. The lowest BCUT2D eigenvalue weighted by atomic mass is 9.65. The molecule has 0 aliphatic heterocycles. The van der Waals surface area contributed by atoms with E-state index in [1.54, 1.807) is 12.1 Å². The van der Waals surface area contributed by atoms with E-state index in [9.17, 15) is 9.18 Å². The molecule has 5 heteroatoms. The zero-order valence-corrected chi connectivity index (χ0v) is 19.1. The molecule has 3 rings (SSSR count). The summed E-state index contributed by atoms with van der Waals surface area (Å²) in [5.41, 5.74) is 3.06. The SMILES string of the molecule is CCCC(=O)NC(CCC)CC1CCC2=CC(=Nc3ccc(F)cc3)C(C=N)CC21C. The summed E-state index contributed by atoms with van der Waals surface area (Å²) in [6.45, 7) is 6.54. The van der Waals surface area contributed by atoms with Crippen LogP contribution in [0.3, 0.4) is 0 Å². The molecule has 2 aliphatic carbocycles. The third-order valence-electron chi connectivity index (χ3n) is 7.08. The van der Waals surface area contributed by atoms with Crippen LogP contribution in [-0.4, -0.2) is 23.9 Å². The van der Waals surface area contributed by atoms with E-state index in [0.717, 1.165) is 56.3 Å². The number of allylic oxidation sites excluding steroid dienone is 2. The molecule has 1 saturated carbocycles. The fraction of sp³-hybridized carbons (Fsp3) is 0.577. The highest BCUT2D eigenvalue weighted by molar-refractivity contribution is 6.07. The largest absolute Gasteiger partial charge is 0.353 e. The Labute approximate surface area is 185 Å². The molecule has 0 heterocycles. The highest BCUT2D eigenvalue weighted by atomic mass is 19.1. The monoisotopic (exact) mass is 425 g/mol. The number of nitrogens with one attached hydrogen (secondary N) is 2. The minimum atomic E-state index is -0.270. The molecule has 2 aliphatic rings. The van der Waals surface area contributed by atoms with Crippen LogP contribution < -0.4 is 5.32 Å². The van der Waals surface area contributed by atoms with Crippen molar-refractivity contribution in [3.05, 3.63) is 41.7 Å². The van der Waals surface area contributed by atoms with Crippen LogP contribution in [0.25, 0.3) is 0 Å². The van der Waals surface area contributed by atoms with E-state index in [1.807, 2.05) is 6.92 Å². The molecule has 0 spiro atoms. The van der Waals surface area contributed by atoms with Crippen LogP contribution in [0.4, 0.5) is 10.1 Å². The number of rotatable bonds is 9. The van der Waals surface area contributed by atoms with Gasteiger partial charge >= 0.3 is 0 Å². The molecule has 2 N–H and O–H groups in total. The molecule has 4 atom stereocenters. The number of amides is 1. The number of nitrogens with zero attached hydrogens (tertiary/aromatic N) is 1. The van der Waals surface area contributed by atoms with Gasteiger partial charge in [0, 0.05) is 30.3 Å². The number of hydrogen-bond donors (Lipinski definition) is 2. The van der Waals surface area contributed by atoms with E-state index >= 15 is 0 Å². The number of aliphatic imine (C=N–C) groups is 1. The summed E-state index contributed by atoms with van der Waals surface area (Å²) in [6.07, 6.45) is 11.2. The molecule has 1 fully saturated rings. The van der Waals surface area contributed by atoms with Crippen LogP contribution >= 0.6 is 0 Å². The predicted molar refractivity (Wildman–Crippen MR) is 126 cm³/mol. The van der Waals surface area contributed by atoms with Crippen molar-refractivity contribution in [3.8, 4) is 0 Å². The molecule has 0 radical (unpaired) electrons. The van der Waals surface area contributed by atoms with Gasteiger partial charge in [-0.25, -0.2) is 4.39 Å². The number of halogens is 1. The fourth-order valence-corrected chi connectivity index (χ4v) is 5.35. The first-order valence-corrected chi connectivity index (χ1v) is 11.7. The second-order valence-electron chi connectivity index (χ2n) is 9.35. The maximum atomic E-state index is 13.2. The van der Waals surface area contributed by atoms with Crippen molar-refractivity contribution < 1.29 is 9.18 Å². The van der Waals surface area contributed by atoms with E-state index < -0.39 is 0 Å². The van der Waals surface area contributed by atoms with Crippen LogP contribution in [0.15, 0.2) is 40.9 Å². The highest BCUT2D eigenvalue weighted by Crippen LogP contribution is 2.55. The Morgan fingerprint density at radius 2 is 2.06 bits per heavy atom. The fourth-order valence-electron chi connectivity index (χ4n) is 5.35. The Bertz CT molecular complexity index is 845. The Morgan fingerprint density at radius 3 is 2.71 bits per heavy atom. The first-order valence-electron chi connectivity index (χ1n) is 11.7. The zero-order chi connectivity index (χ0) is 22.4. The van der Waals surface area contributed by atoms with Gasteiger partial charge in [-0.1, -0.05) is 32.8 Å². The van der Waals surface area contributed by atoms with Gasteiger partial charge in [0.1, 0.15) is 5.82 Å². The molecular weight excluding hydrogens is 389 g/mol. The van der Waals surface area contributed by atoms with Crippen LogP contribution in [0.2, 0.25) is 0 Å². The summed E-state index contributed by atoms with van der Waals surface area (Å²) in [5.74, 6) is 0.341. The number of carbonyl (C=O) groups is 1. The summed E-state index contributed by atoms with van der Waals surface area (Å²) < 4.78 is 13.2. The molecule has 4 nitrogen and oxygen atoms in total. The predicted octanol–water partition coefficient (Wildman–Crippen LogP) is 6.39. The van der Waals surface area contributed by atoms with Crippen molar-refractivity contribution >= 4 is 23.5 Å². The molecule has 0 aromatic heterocycles. The van der Waals surface area contributed by atoms with Crippen LogP contribution in [0.1, 0.15) is 72.1 Å². The van der Waals surface area contributed by atoms with Gasteiger partial charge in [-0.05, 0) is 80.2 Å². The molecule has 0 bridgehead atoms. The van der Waals surface area contributed by atoms with Gasteiger partial charge in [0.25, 0.3) is 0 Å². The third kappa shape index (κ3) is 5.50. The Balaban J connectivity index is 1.80. The van der Waals surface area contributed by atoms with Crippen molar-refractivity contribution in [2.45, 2.75) is 78.2 Å². The Hall–Kier alpha value is -2.30. The summed E-state index contributed by atoms with van der Waals surface area (Å²) >= 11 is 0. The minimum absolute atomic E-state index is 0.0332. The smallest absolute Gasteiger partial charge is 0.220 e. The van der Waals surface area contributed by atoms with E-state index in [4.69, 9.17) is 10.4 Å². The number of hydrogen-bond acceptors (Lipinski definition) is 3. The number of fused-ring (bicyclic) bond motifs is 1. The van der Waals surface area contributed by atoms with Crippen molar-refractivity contribution in [1.29, 1.82) is 5.41 Å². The molecule has 0 saturated heterocycles. The Kier molecular flexibility index (Phi) is 7.79. The average Bonchev–Trinajstić information content (AvgIpc) is 3.04. The first kappa shape index (κ1) is 23.4. The third-order valence-corrected chi connectivity index (χ3v) is 7.08. The summed E-state index contributed by atoms with van der Waals surface area (Å²) in [6, 6.07) is 6.43. The van der Waals surface area contributed by atoms with E-state index in [-0.39, 0.29) is 29.1 Å². The first-order chi connectivity index (χ1) is 14.9. The van der Waals surface area contributed by atoms with Crippen LogP contribution in [0, 0.1) is 28.5 Å². The lowest BCUT2D eigenvalue weighted by Gasteiger charge is -2.40. The highest BCUT2D eigenvalue weighted by Gasteiger charge is 2.47. The minimum Gasteiger partial charge on any atom is -0.353 e. The summed E-state index contributed by atoms with van der Waals surface area (Å²) in [4.78, 5) is 17.0. The maximum Gasteiger partial charge on any atom is 0.220 e. The van der Waals surface area contributed by atoms with Crippen molar-refractivity contribution in [3.63, 3.8) is 0 Å². The number of benzene rings is 1. The van der Waals surface area contributed by atoms with Crippen LogP contribution in [-0.2, 0) is 4.79 Å². The average molecular weight is 426 g/mol. The lowest BCUT2D eigenvalue weighted by Crippen LogP contribution is -2.40. The van der Waals surface area contributed by atoms with E-state index in [2.05, 4.69) is 25.2 Å². The van der Waals surface area contributed by atoms with Gasteiger partial charge in [0.05, 0.1) is 5.69 Å². The molecule has 31 heavy (non-hydrogen) atoms. The Morgan fingerprint density at radius 1 is 1.32 bits per heavy atom. The normalized spacial score (nSPS) is 27.5. The van der Waals surface area contributed by atoms with Crippen molar-refractivity contribution in [2.24, 2.45) is 22.2 Å². The van der Waals surface area contributed by atoms with Gasteiger partial charge in [0.15, 0.2) is 0 Å². The summed E-state index contributed by atoms with van der Waals surface area (Å²) in [5, 5.41) is 11.3. The second kappa shape index (κ2) is 10.3. The quantitative estimate of drug-likeness (QED) is 0.443. The second-order valence-corrected chi connectivity index (χ2v) is 9.35. The topological polar surface area (TPSA) is 65.3 Å². The van der Waals surface area contributed by atoms with Gasteiger partial charge in [-0.3, -0.25) is 9.79 Å². The summed E-state index contributed by atoms with van der Waals surface area (Å²) in [7, 11) is 0. The van der Waals surface area contributed by atoms with Crippen molar-refractivity contribution in [1.82, 2.24) is 5.32 Å². The maximum absolute atomic E-state index is 13.2. The van der Waals surface area contributed by atoms with Gasteiger partial charge in [-0.15, -0.1) is 0 Å². The van der Waals surface area contributed by atoms with Crippen LogP contribution in [0.5, 0.6) is 0 Å². The standard InChI is InChI=1S/C26H36FN3O/c1-4-6-23(30-25(31)7-5-2)14-19-8-9-20-15-24(18(17-28)16-26(19,20)3)29-22-12-10-21(27)11-13-22/h10-13,15,17-19,23,28H,4-9,14,16H2,1-3H3,(H,30,31). The molecule has 4 unspecified atom stereocenters. The molecule has 168 valence electrons. The van der Waals surface area contributed by atoms with Gasteiger partial charge in [0.2, 0.25) is 5.91 Å².